The second-order valence-corrected chi connectivity index (χ2v) is 6.35. The predicted octanol–water partition coefficient (Wildman–Crippen LogP) is 2.50. The number of nitrogens with zero attached hydrogens (tertiary/aromatic N) is 2. The van der Waals surface area contributed by atoms with Gasteiger partial charge in [-0.15, -0.1) is 24.0 Å². The van der Waals surface area contributed by atoms with Gasteiger partial charge in [0, 0.05) is 25.7 Å². The summed E-state index contributed by atoms with van der Waals surface area (Å²) < 4.78 is 4.91. The van der Waals surface area contributed by atoms with Gasteiger partial charge in [-0.1, -0.05) is 20.3 Å². The molecule has 0 aromatic heterocycles. The summed E-state index contributed by atoms with van der Waals surface area (Å²) in [7, 11) is 1.47. The Labute approximate surface area is 151 Å². The number of methoxy groups -OCH3 is 1. The Hall–Kier alpha value is -0.530. The third-order valence-corrected chi connectivity index (χ3v) is 4.62. The number of aliphatic imine (C=N–C) groups is 1. The summed E-state index contributed by atoms with van der Waals surface area (Å²) in [6, 6.07) is 0.572. The van der Waals surface area contributed by atoms with E-state index in [0.717, 1.165) is 25.0 Å². The maximum absolute atomic E-state index is 11.8. The van der Waals surface area contributed by atoms with E-state index in [1.165, 1.54) is 26.4 Å². The van der Waals surface area contributed by atoms with Crippen LogP contribution in [0.4, 0.5) is 0 Å². The minimum atomic E-state index is -0.101. The molecule has 4 atom stereocenters. The Morgan fingerprint density at radius 2 is 2.09 bits per heavy atom. The van der Waals surface area contributed by atoms with E-state index in [0.29, 0.717) is 18.5 Å². The molecular weight excluding hydrogens is 393 g/mol. The van der Waals surface area contributed by atoms with Crippen molar-refractivity contribution in [2.75, 3.05) is 26.7 Å². The normalized spacial score (nSPS) is 30.7. The zero-order valence-corrected chi connectivity index (χ0v) is 16.5. The van der Waals surface area contributed by atoms with Crippen molar-refractivity contribution in [3.05, 3.63) is 0 Å². The average molecular weight is 423 g/mol. The van der Waals surface area contributed by atoms with Crippen LogP contribution in [-0.2, 0) is 9.53 Å². The van der Waals surface area contributed by atoms with Crippen LogP contribution in [0.3, 0.4) is 0 Å². The molecule has 1 aliphatic carbocycles. The third kappa shape index (κ3) is 4.73. The van der Waals surface area contributed by atoms with Crippen LogP contribution in [0.1, 0.15) is 40.0 Å². The highest BCUT2D eigenvalue weighted by atomic mass is 127. The van der Waals surface area contributed by atoms with Gasteiger partial charge in [0.05, 0.1) is 13.0 Å². The molecule has 0 radical (unpaired) electrons. The van der Waals surface area contributed by atoms with Gasteiger partial charge in [0.1, 0.15) is 0 Å². The minimum absolute atomic E-state index is 0. The van der Waals surface area contributed by atoms with Crippen molar-refractivity contribution in [1.29, 1.82) is 0 Å². The van der Waals surface area contributed by atoms with Crippen molar-refractivity contribution >= 4 is 35.9 Å². The fourth-order valence-electron chi connectivity index (χ4n) is 3.26. The summed E-state index contributed by atoms with van der Waals surface area (Å²) >= 11 is 0. The lowest BCUT2D eigenvalue weighted by molar-refractivity contribution is -0.145. The van der Waals surface area contributed by atoms with Crippen LogP contribution in [0.25, 0.3) is 0 Å². The molecule has 0 bridgehead atoms. The maximum Gasteiger partial charge on any atom is 0.310 e. The monoisotopic (exact) mass is 423 g/mol. The van der Waals surface area contributed by atoms with Gasteiger partial charge in [-0.2, -0.15) is 0 Å². The number of carbonyl (C=O) groups is 1. The number of guanidine groups is 1. The number of hydrogen-bond donors (Lipinski definition) is 1. The van der Waals surface area contributed by atoms with Crippen LogP contribution in [0.5, 0.6) is 0 Å². The molecule has 6 heteroatoms. The number of likely N-dealkylation sites (tertiary alicyclic amines) is 1. The summed E-state index contributed by atoms with van der Waals surface area (Å²) in [4.78, 5) is 18.6. The zero-order chi connectivity index (χ0) is 15.4. The van der Waals surface area contributed by atoms with Crippen molar-refractivity contribution in [2.24, 2.45) is 22.7 Å². The van der Waals surface area contributed by atoms with Gasteiger partial charge in [-0.3, -0.25) is 9.79 Å². The first-order valence-corrected chi connectivity index (χ1v) is 8.24. The summed E-state index contributed by atoms with van der Waals surface area (Å²) in [6.07, 6.45) is 3.78. The number of halogens is 1. The lowest BCUT2D eigenvalue weighted by atomic mass is 9.99. The Morgan fingerprint density at radius 3 is 2.68 bits per heavy atom. The van der Waals surface area contributed by atoms with Gasteiger partial charge in [0.2, 0.25) is 0 Å². The number of ether oxygens (including phenoxy) is 1. The lowest BCUT2D eigenvalue weighted by Crippen LogP contribution is -2.42. The first kappa shape index (κ1) is 19.5. The van der Waals surface area contributed by atoms with Crippen LogP contribution < -0.4 is 5.32 Å². The van der Waals surface area contributed by atoms with Crippen LogP contribution >= 0.6 is 24.0 Å². The minimum Gasteiger partial charge on any atom is -0.469 e. The highest BCUT2D eigenvalue weighted by Gasteiger charge is 2.40. The van der Waals surface area contributed by atoms with Crippen molar-refractivity contribution in [3.63, 3.8) is 0 Å². The number of rotatable bonds is 5. The quantitative estimate of drug-likeness (QED) is 0.320. The van der Waals surface area contributed by atoms with Gasteiger partial charge in [0.25, 0.3) is 0 Å². The molecule has 4 unspecified atom stereocenters. The predicted molar refractivity (Wildman–Crippen MR) is 99.6 cm³/mol. The molecule has 1 aliphatic heterocycles. The Bertz CT molecular complexity index is 403. The lowest BCUT2D eigenvalue weighted by Gasteiger charge is -2.22. The third-order valence-electron chi connectivity index (χ3n) is 4.62. The standard InChI is InChI=1S/C16H29N3O2.HI/c1-5-7-12-8-14(12)18-16(17-6-2)19-9-11(3)13(10-19)15(20)21-4;/h11-14H,5-10H2,1-4H3,(H,17,18);1H. The van der Waals surface area contributed by atoms with Gasteiger partial charge in [-0.05, 0) is 31.6 Å². The molecule has 2 aliphatic rings. The van der Waals surface area contributed by atoms with Crippen molar-refractivity contribution in [3.8, 4) is 0 Å². The summed E-state index contributed by atoms with van der Waals surface area (Å²) in [5, 5.41) is 3.59. The topological polar surface area (TPSA) is 53.9 Å². The second-order valence-electron chi connectivity index (χ2n) is 6.35. The molecular formula is C16H30IN3O2. The van der Waals surface area contributed by atoms with Gasteiger partial charge in [0.15, 0.2) is 5.96 Å². The van der Waals surface area contributed by atoms with E-state index in [1.54, 1.807) is 0 Å². The molecule has 1 heterocycles. The molecule has 2 rings (SSSR count). The first-order valence-electron chi connectivity index (χ1n) is 8.24. The van der Waals surface area contributed by atoms with E-state index in [1.807, 2.05) is 0 Å². The molecule has 0 amide bonds. The maximum atomic E-state index is 11.8. The molecule has 1 N–H and O–H groups in total. The van der Waals surface area contributed by atoms with Crippen molar-refractivity contribution in [2.45, 2.75) is 46.1 Å². The van der Waals surface area contributed by atoms with E-state index in [2.05, 4.69) is 36.0 Å². The van der Waals surface area contributed by atoms with Crippen LogP contribution in [0.2, 0.25) is 0 Å². The number of hydrogen-bond acceptors (Lipinski definition) is 3. The van der Waals surface area contributed by atoms with E-state index in [9.17, 15) is 4.79 Å². The van der Waals surface area contributed by atoms with Gasteiger partial charge >= 0.3 is 5.97 Å². The Balaban J connectivity index is 0.00000242. The van der Waals surface area contributed by atoms with Gasteiger partial charge in [-0.25, -0.2) is 0 Å². The fourth-order valence-corrected chi connectivity index (χ4v) is 3.26. The summed E-state index contributed by atoms with van der Waals surface area (Å²) in [6.45, 7) is 8.75. The molecule has 2 fully saturated rings. The molecule has 0 aromatic carbocycles. The van der Waals surface area contributed by atoms with E-state index >= 15 is 0 Å². The SMILES string of the molecule is CCCC1CC1NC(=NCC)N1CC(C)C(C(=O)OC)C1.I. The molecule has 22 heavy (non-hydrogen) atoms. The number of nitrogens with one attached hydrogen (secondary N) is 1. The highest BCUT2D eigenvalue weighted by Crippen LogP contribution is 2.35. The van der Waals surface area contributed by atoms with Crippen molar-refractivity contribution < 1.29 is 9.53 Å². The molecule has 128 valence electrons. The van der Waals surface area contributed by atoms with E-state index in [4.69, 9.17) is 4.74 Å². The smallest absolute Gasteiger partial charge is 0.310 e. The molecule has 0 aromatic rings. The Kier molecular flexibility index (Phi) is 7.93. The summed E-state index contributed by atoms with van der Waals surface area (Å²) in [5.41, 5.74) is 0. The van der Waals surface area contributed by atoms with Gasteiger partial charge < -0.3 is 15.0 Å². The van der Waals surface area contributed by atoms with E-state index in [-0.39, 0.29) is 35.9 Å². The highest BCUT2D eigenvalue weighted by molar-refractivity contribution is 14.0. The molecule has 1 saturated heterocycles. The van der Waals surface area contributed by atoms with Crippen LogP contribution in [-0.4, -0.2) is 49.6 Å². The van der Waals surface area contributed by atoms with E-state index < -0.39 is 0 Å². The average Bonchev–Trinajstić information content (AvgIpc) is 3.07. The summed E-state index contributed by atoms with van der Waals surface area (Å²) in [5.74, 6) is 1.94. The Morgan fingerprint density at radius 1 is 1.36 bits per heavy atom. The second kappa shape index (κ2) is 8.93. The molecule has 5 nitrogen and oxygen atoms in total. The van der Waals surface area contributed by atoms with Crippen molar-refractivity contribution in [1.82, 2.24) is 10.2 Å². The largest absolute Gasteiger partial charge is 0.469 e. The van der Waals surface area contributed by atoms with Crippen LogP contribution in [0.15, 0.2) is 4.99 Å². The number of carbonyl (C=O) groups excluding carboxylic acids is 1. The number of esters is 1. The zero-order valence-electron chi connectivity index (χ0n) is 14.2. The fraction of sp³-hybridized carbons (Fsp3) is 0.875. The molecule has 1 saturated carbocycles. The molecule has 0 spiro atoms. The first-order chi connectivity index (χ1) is 10.1. The van der Waals surface area contributed by atoms with Crippen LogP contribution in [0, 0.1) is 17.8 Å².